The zero-order chi connectivity index (χ0) is 19.4. The fourth-order valence-electron chi connectivity index (χ4n) is 4.23. The summed E-state index contributed by atoms with van der Waals surface area (Å²) in [6, 6.07) is 17.4. The third-order valence-electron chi connectivity index (χ3n) is 5.47. The fraction of sp³-hybridized carbons (Fsp3) is 0.200. The summed E-state index contributed by atoms with van der Waals surface area (Å²) in [5.74, 6) is -3.99. The van der Waals surface area contributed by atoms with E-state index >= 15 is 0 Å². The van der Waals surface area contributed by atoms with Crippen molar-refractivity contribution in [2.45, 2.75) is 12.5 Å². The Morgan fingerprint density at radius 3 is 2.26 bits per heavy atom. The minimum absolute atomic E-state index is 0.0516. The predicted octanol–water partition coefficient (Wildman–Crippen LogP) is 2.70. The van der Waals surface area contributed by atoms with E-state index in [0.717, 1.165) is 9.37 Å². The van der Waals surface area contributed by atoms with Gasteiger partial charge in [-0.15, -0.1) is 0 Å². The van der Waals surface area contributed by atoms with Gasteiger partial charge in [0.15, 0.2) is 10.8 Å². The molecule has 1 aliphatic carbocycles. The summed E-state index contributed by atoms with van der Waals surface area (Å²) in [4.78, 5) is 39.3. The molecule has 6 nitrogen and oxygen atoms in total. The molecule has 2 fully saturated rings. The minimum atomic E-state index is -2.07. The number of piperidine rings is 1. The van der Waals surface area contributed by atoms with Crippen LogP contribution in [0.5, 0.6) is 0 Å². The van der Waals surface area contributed by atoms with Crippen molar-refractivity contribution < 1.29 is 19.5 Å². The Kier molecular flexibility index (Phi) is 3.72. The summed E-state index contributed by atoms with van der Waals surface area (Å²) in [6.07, 6.45) is 0. The van der Waals surface area contributed by atoms with Crippen molar-refractivity contribution in [3.05, 3.63) is 70.2 Å². The van der Waals surface area contributed by atoms with Crippen molar-refractivity contribution in [3.8, 4) is 6.07 Å². The third kappa shape index (κ3) is 2.02. The number of likely N-dealkylation sites (tertiary alicyclic amines) is 1. The van der Waals surface area contributed by atoms with Crippen LogP contribution in [-0.4, -0.2) is 27.8 Å². The molecule has 1 aliphatic heterocycles. The molecule has 3 unspecified atom stereocenters. The second kappa shape index (κ2) is 5.76. The van der Waals surface area contributed by atoms with Gasteiger partial charge in [-0.05, 0) is 23.3 Å². The lowest BCUT2D eigenvalue weighted by Crippen LogP contribution is -2.39. The van der Waals surface area contributed by atoms with Crippen molar-refractivity contribution in [2.75, 3.05) is 0 Å². The maximum Gasteiger partial charge on any atom is 0.322 e. The molecule has 1 N–H and O–H groups in total. The van der Waals surface area contributed by atoms with Gasteiger partial charge >= 0.3 is 5.97 Å². The van der Waals surface area contributed by atoms with Crippen molar-refractivity contribution in [3.63, 3.8) is 0 Å². The van der Waals surface area contributed by atoms with Crippen LogP contribution in [0.1, 0.15) is 17.0 Å². The Morgan fingerprint density at radius 2 is 1.74 bits per heavy atom. The number of hydrogen-bond acceptors (Lipinski definition) is 4. The van der Waals surface area contributed by atoms with Gasteiger partial charge in [-0.1, -0.05) is 58.4 Å². The zero-order valence-electron chi connectivity index (χ0n) is 13.9. The number of aliphatic carboxylic acids is 1. The number of nitriles is 1. The second-order valence-corrected chi connectivity index (χ2v) is 7.62. The molecule has 2 aromatic rings. The smallest absolute Gasteiger partial charge is 0.322 e. The van der Waals surface area contributed by atoms with Crippen LogP contribution in [0.3, 0.4) is 0 Å². The van der Waals surface area contributed by atoms with Gasteiger partial charge in [-0.3, -0.25) is 19.3 Å². The molecule has 2 aliphatic rings. The monoisotopic (exact) mass is 424 g/mol. The number of carbonyl (C=O) groups excluding carboxylic acids is 2. The average Bonchev–Trinajstić information content (AvgIpc) is 3.27. The van der Waals surface area contributed by atoms with E-state index in [4.69, 9.17) is 0 Å². The van der Waals surface area contributed by atoms with Gasteiger partial charge in [-0.2, -0.15) is 5.26 Å². The van der Waals surface area contributed by atoms with E-state index in [-0.39, 0.29) is 6.54 Å². The Bertz CT molecular complexity index is 1010. The number of halogens is 1. The molecule has 4 rings (SSSR count). The van der Waals surface area contributed by atoms with Crippen molar-refractivity contribution in [2.24, 2.45) is 10.8 Å². The number of carboxylic acids is 1. The number of fused-ring (bicyclic) bond motifs is 1. The van der Waals surface area contributed by atoms with Gasteiger partial charge in [-0.25, -0.2) is 0 Å². The van der Waals surface area contributed by atoms with E-state index < -0.39 is 34.5 Å². The molecular formula is C20H13BrN2O4. The summed E-state index contributed by atoms with van der Waals surface area (Å²) < 4.78 is 0.774. The Labute approximate surface area is 163 Å². The maximum absolute atomic E-state index is 13.1. The molecule has 0 radical (unpaired) electrons. The normalized spacial score (nSPS) is 28.6. The highest BCUT2D eigenvalue weighted by atomic mass is 79.9. The summed E-state index contributed by atoms with van der Waals surface area (Å²) in [6.45, 7) is -0.0516. The van der Waals surface area contributed by atoms with Crippen LogP contribution < -0.4 is 0 Å². The molecule has 134 valence electrons. The summed E-state index contributed by atoms with van der Waals surface area (Å²) in [5.41, 5.74) is -2.79. The lowest BCUT2D eigenvalue weighted by Gasteiger charge is -2.21. The molecule has 1 heterocycles. The fourth-order valence-corrected chi connectivity index (χ4v) is 4.49. The molecule has 0 aromatic heterocycles. The molecule has 0 bridgehead atoms. The molecule has 27 heavy (non-hydrogen) atoms. The van der Waals surface area contributed by atoms with E-state index in [1.165, 1.54) is 0 Å². The van der Waals surface area contributed by atoms with Crippen LogP contribution in [0.15, 0.2) is 59.1 Å². The molecular weight excluding hydrogens is 412 g/mol. The van der Waals surface area contributed by atoms with Crippen LogP contribution in [0.25, 0.3) is 0 Å². The van der Waals surface area contributed by atoms with Gasteiger partial charge in [0.25, 0.3) is 5.91 Å². The highest BCUT2D eigenvalue weighted by Gasteiger charge is 2.95. The van der Waals surface area contributed by atoms with Gasteiger partial charge in [0.1, 0.15) is 0 Å². The number of carboxylic acid groups (broad SMARTS) is 1. The largest absolute Gasteiger partial charge is 0.480 e. The topological polar surface area (TPSA) is 98.5 Å². The number of benzene rings is 2. The number of carbonyl (C=O) groups is 3. The Morgan fingerprint density at radius 1 is 1.11 bits per heavy atom. The first-order chi connectivity index (χ1) is 12.9. The van der Waals surface area contributed by atoms with E-state index in [0.29, 0.717) is 11.1 Å². The Balaban J connectivity index is 1.80. The van der Waals surface area contributed by atoms with Crippen molar-refractivity contribution in [1.82, 2.24) is 4.90 Å². The highest BCUT2D eigenvalue weighted by molar-refractivity contribution is 9.10. The van der Waals surface area contributed by atoms with Crippen LogP contribution in [0.2, 0.25) is 0 Å². The quantitative estimate of drug-likeness (QED) is 0.600. The molecule has 1 saturated carbocycles. The minimum Gasteiger partial charge on any atom is -0.480 e. The van der Waals surface area contributed by atoms with E-state index in [9.17, 15) is 24.8 Å². The van der Waals surface area contributed by atoms with Gasteiger partial charge in [0.05, 0.1) is 12.6 Å². The SMILES string of the molecule is N#CC12C(=O)N(Cc3ccccc3)C(=O)C1(C(=O)O)C2c1ccc(Br)cc1. The predicted molar refractivity (Wildman–Crippen MR) is 97.0 cm³/mol. The van der Waals surface area contributed by atoms with E-state index in [1.807, 2.05) is 6.07 Å². The molecule has 2 aromatic carbocycles. The summed E-state index contributed by atoms with van der Waals surface area (Å²) in [5, 5.41) is 19.7. The number of imide groups is 1. The summed E-state index contributed by atoms with van der Waals surface area (Å²) in [7, 11) is 0. The third-order valence-corrected chi connectivity index (χ3v) is 6.00. The van der Waals surface area contributed by atoms with Gasteiger partial charge < -0.3 is 5.11 Å². The van der Waals surface area contributed by atoms with Crippen LogP contribution in [0.4, 0.5) is 0 Å². The van der Waals surface area contributed by atoms with Crippen LogP contribution in [-0.2, 0) is 20.9 Å². The van der Waals surface area contributed by atoms with Crippen molar-refractivity contribution in [1.29, 1.82) is 5.26 Å². The number of amides is 2. The average molecular weight is 425 g/mol. The molecule has 2 amide bonds. The second-order valence-electron chi connectivity index (χ2n) is 6.70. The number of rotatable bonds is 4. The first-order valence-corrected chi connectivity index (χ1v) is 9.01. The number of nitrogens with zero attached hydrogens (tertiary/aromatic N) is 2. The van der Waals surface area contributed by atoms with Crippen LogP contribution >= 0.6 is 15.9 Å². The maximum atomic E-state index is 13.1. The van der Waals surface area contributed by atoms with Crippen LogP contribution in [0, 0.1) is 22.2 Å². The number of hydrogen-bond donors (Lipinski definition) is 1. The van der Waals surface area contributed by atoms with E-state index in [1.54, 1.807) is 54.6 Å². The van der Waals surface area contributed by atoms with Crippen molar-refractivity contribution >= 4 is 33.7 Å². The molecule has 1 saturated heterocycles. The van der Waals surface area contributed by atoms with Gasteiger partial charge in [0, 0.05) is 10.4 Å². The first kappa shape index (κ1) is 17.4. The molecule has 0 spiro atoms. The highest BCUT2D eigenvalue weighted by Crippen LogP contribution is 2.78. The molecule has 3 atom stereocenters. The lowest BCUT2D eigenvalue weighted by molar-refractivity contribution is -0.152. The zero-order valence-corrected chi connectivity index (χ0v) is 15.5. The molecule has 7 heteroatoms. The standard InChI is InChI=1S/C20H13BrN2O4/c21-14-8-6-13(7-9-14)15-19(11-22)16(24)23(10-12-4-2-1-3-5-12)17(25)20(15,19)18(26)27/h1-9,15H,10H2,(H,26,27). The van der Waals surface area contributed by atoms with Gasteiger partial charge in [0.2, 0.25) is 5.91 Å². The first-order valence-electron chi connectivity index (χ1n) is 8.21. The summed E-state index contributed by atoms with van der Waals surface area (Å²) >= 11 is 3.30. The lowest BCUT2D eigenvalue weighted by atomic mass is 9.97. The Hall–Kier alpha value is -2.98. The van der Waals surface area contributed by atoms with E-state index in [2.05, 4.69) is 15.9 Å².